The van der Waals surface area contributed by atoms with E-state index in [0.29, 0.717) is 6.42 Å². The molecule has 0 radical (unpaired) electrons. The molecule has 0 heterocycles. The molecule has 0 amide bonds. The highest BCUT2D eigenvalue weighted by Gasteiger charge is 2.09. The van der Waals surface area contributed by atoms with Crippen LogP contribution >= 0.6 is 15.9 Å². The number of hydrogen-bond donors (Lipinski definition) is 0. The Morgan fingerprint density at radius 1 is 1.44 bits per heavy atom. The summed E-state index contributed by atoms with van der Waals surface area (Å²) in [4.78, 5) is 11.3. The molecule has 0 saturated carbocycles. The molecule has 0 N–H and O–H groups in total. The number of alkyl halides is 1. The fourth-order valence-electron chi connectivity index (χ4n) is 1.76. The first kappa shape index (κ1) is 13.2. The normalized spacial score (nSPS) is 10.2. The summed E-state index contributed by atoms with van der Waals surface area (Å²) >= 11 is 3.43. The van der Waals surface area contributed by atoms with Gasteiger partial charge in [0.15, 0.2) is 0 Å². The third-order valence-electron chi connectivity index (χ3n) is 2.63. The maximum atomic E-state index is 11.3. The molecule has 0 saturated heterocycles. The lowest BCUT2D eigenvalue weighted by Gasteiger charge is -2.11. The van der Waals surface area contributed by atoms with E-state index in [2.05, 4.69) is 28.9 Å². The molecule has 16 heavy (non-hydrogen) atoms. The summed E-state index contributed by atoms with van der Waals surface area (Å²) in [5.41, 5.74) is 3.63. The minimum absolute atomic E-state index is 0.175. The number of ether oxygens (including phenoxy) is 1. The highest BCUT2D eigenvalue weighted by Crippen LogP contribution is 2.17. The van der Waals surface area contributed by atoms with Crippen molar-refractivity contribution in [1.82, 2.24) is 0 Å². The summed E-state index contributed by atoms with van der Waals surface area (Å²) < 4.78 is 4.71. The van der Waals surface area contributed by atoms with Crippen molar-refractivity contribution in [3.63, 3.8) is 0 Å². The summed E-state index contributed by atoms with van der Waals surface area (Å²) in [6.07, 6.45) is 2.46. The summed E-state index contributed by atoms with van der Waals surface area (Å²) in [5, 5.41) is 0.985. The highest BCUT2D eigenvalue weighted by molar-refractivity contribution is 9.09. The van der Waals surface area contributed by atoms with Crippen molar-refractivity contribution in [2.24, 2.45) is 0 Å². The number of benzene rings is 1. The number of halogens is 1. The van der Waals surface area contributed by atoms with E-state index in [9.17, 15) is 4.79 Å². The lowest BCUT2D eigenvalue weighted by molar-refractivity contribution is -0.139. The Morgan fingerprint density at radius 3 is 2.81 bits per heavy atom. The Kier molecular flexibility index (Phi) is 5.53. The zero-order valence-electron chi connectivity index (χ0n) is 9.75. The largest absolute Gasteiger partial charge is 0.469 e. The number of rotatable bonds is 5. The minimum atomic E-state index is -0.175. The average molecular weight is 285 g/mol. The first-order valence-corrected chi connectivity index (χ1v) is 6.51. The van der Waals surface area contributed by atoms with Gasteiger partial charge in [0.1, 0.15) is 0 Å². The first-order chi connectivity index (χ1) is 7.69. The van der Waals surface area contributed by atoms with Gasteiger partial charge in [-0.2, -0.15) is 0 Å². The van der Waals surface area contributed by atoms with E-state index in [1.54, 1.807) is 0 Å². The molecule has 1 aromatic carbocycles. The maximum Gasteiger partial charge on any atom is 0.309 e. The number of methoxy groups -OCH3 is 1. The molecule has 2 nitrogen and oxygen atoms in total. The summed E-state index contributed by atoms with van der Waals surface area (Å²) in [5.74, 6) is -0.175. The van der Waals surface area contributed by atoms with Crippen LogP contribution in [0.25, 0.3) is 0 Å². The predicted molar refractivity (Wildman–Crippen MR) is 69.0 cm³/mol. The molecule has 0 aromatic heterocycles. The van der Waals surface area contributed by atoms with E-state index in [4.69, 9.17) is 4.74 Å². The molecule has 0 aliphatic carbocycles. The van der Waals surface area contributed by atoms with Gasteiger partial charge in [-0.25, -0.2) is 0 Å². The molecule has 0 fully saturated rings. The van der Waals surface area contributed by atoms with Gasteiger partial charge < -0.3 is 4.74 Å². The molecule has 0 aliphatic heterocycles. The molecule has 3 heteroatoms. The second kappa shape index (κ2) is 6.69. The fraction of sp³-hybridized carbons (Fsp3) is 0.462. The molecule has 0 bridgehead atoms. The standard InChI is InChI=1S/C13H17BrO2/c1-10-5-3-6-11(9-13(15)16-2)12(10)7-4-8-14/h3,5-6H,4,7-9H2,1-2H3. The molecule has 0 spiro atoms. The van der Waals surface area contributed by atoms with Crippen LogP contribution in [0.5, 0.6) is 0 Å². The van der Waals surface area contributed by atoms with Crippen LogP contribution in [0.3, 0.4) is 0 Å². The van der Waals surface area contributed by atoms with Crippen molar-refractivity contribution in [2.45, 2.75) is 26.2 Å². The van der Waals surface area contributed by atoms with Gasteiger partial charge in [-0.1, -0.05) is 34.1 Å². The van der Waals surface area contributed by atoms with Gasteiger partial charge in [0.25, 0.3) is 0 Å². The maximum absolute atomic E-state index is 11.3. The van der Waals surface area contributed by atoms with Gasteiger partial charge in [-0.05, 0) is 36.5 Å². The highest BCUT2D eigenvalue weighted by atomic mass is 79.9. The van der Waals surface area contributed by atoms with Crippen LogP contribution in [0.15, 0.2) is 18.2 Å². The third-order valence-corrected chi connectivity index (χ3v) is 3.19. The van der Waals surface area contributed by atoms with Gasteiger partial charge in [-0.15, -0.1) is 0 Å². The van der Waals surface area contributed by atoms with Gasteiger partial charge in [0.2, 0.25) is 0 Å². The molecule has 88 valence electrons. The van der Waals surface area contributed by atoms with Crippen LogP contribution in [0.1, 0.15) is 23.1 Å². The Labute approximate surface area is 105 Å². The SMILES string of the molecule is COC(=O)Cc1cccc(C)c1CCCBr. The van der Waals surface area contributed by atoms with Gasteiger partial charge in [0, 0.05) is 5.33 Å². The van der Waals surface area contributed by atoms with Crippen LogP contribution in [0, 0.1) is 6.92 Å². The lowest BCUT2D eigenvalue weighted by Crippen LogP contribution is -2.08. The molecular formula is C13H17BrO2. The van der Waals surface area contributed by atoms with E-state index in [1.807, 2.05) is 12.1 Å². The monoisotopic (exact) mass is 284 g/mol. The second-order valence-electron chi connectivity index (χ2n) is 3.76. The van der Waals surface area contributed by atoms with Crippen LogP contribution in [0.2, 0.25) is 0 Å². The molecule has 1 rings (SSSR count). The first-order valence-electron chi connectivity index (χ1n) is 5.39. The third kappa shape index (κ3) is 3.63. The van der Waals surface area contributed by atoms with Crippen LogP contribution in [-0.2, 0) is 22.4 Å². The van der Waals surface area contributed by atoms with Crippen molar-refractivity contribution in [3.05, 3.63) is 34.9 Å². The van der Waals surface area contributed by atoms with E-state index in [-0.39, 0.29) is 5.97 Å². The van der Waals surface area contributed by atoms with Gasteiger partial charge in [-0.3, -0.25) is 4.79 Å². The number of carbonyl (C=O) groups excluding carboxylic acids is 1. The zero-order valence-corrected chi connectivity index (χ0v) is 11.3. The number of hydrogen-bond acceptors (Lipinski definition) is 2. The van der Waals surface area contributed by atoms with Crippen molar-refractivity contribution in [3.8, 4) is 0 Å². The Bertz CT molecular complexity index is 361. The van der Waals surface area contributed by atoms with Crippen LogP contribution in [-0.4, -0.2) is 18.4 Å². The van der Waals surface area contributed by atoms with Crippen LogP contribution in [0.4, 0.5) is 0 Å². The number of aryl methyl sites for hydroxylation is 1. The Hall–Kier alpha value is -0.830. The second-order valence-corrected chi connectivity index (χ2v) is 4.55. The van der Waals surface area contributed by atoms with Gasteiger partial charge in [0.05, 0.1) is 13.5 Å². The van der Waals surface area contributed by atoms with E-state index >= 15 is 0 Å². The quantitative estimate of drug-likeness (QED) is 0.614. The van der Waals surface area contributed by atoms with Crippen molar-refractivity contribution >= 4 is 21.9 Å². The Morgan fingerprint density at radius 2 is 2.19 bits per heavy atom. The van der Waals surface area contributed by atoms with E-state index < -0.39 is 0 Å². The lowest BCUT2D eigenvalue weighted by atomic mass is 9.96. The van der Waals surface area contributed by atoms with Crippen molar-refractivity contribution in [2.75, 3.05) is 12.4 Å². The topological polar surface area (TPSA) is 26.3 Å². The summed E-state index contributed by atoms with van der Waals surface area (Å²) in [7, 11) is 1.43. The minimum Gasteiger partial charge on any atom is -0.469 e. The van der Waals surface area contributed by atoms with Crippen LogP contribution < -0.4 is 0 Å². The van der Waals surface area contributed by atoms with Crippen molar-refractivity contribution in [1.29, 1.82) is 0 Å². The fourth-order valence-corrected chi connectivity index (χ4v) is 2.04. The zero-order chi connectivity index (χ0) is 12.0. The number of esters is 1. The number of carbonyl (C=O) groups is 1. The summed E-state index contributed by atoms with van der Waals surface area (Å²) in [6, 6.07) is 6.09. The average Bonchev–Trinajstić information content (AvgIpc) is 2.28. The molecule has 0 atom stereocenters. The molecule has 0 aliphatic rings. The molecule has 0 unspecified atom stereocenters. The predicted octanol–water partition coefficient (Wildman–Crippen LogP) is 3.04. The molecule has 1 aromatic rings. The van der Waals surface area contributed by atoms with E-state index in [0.717, 1.165) is 23.7 Å². The molecular weight excluding hydrogens is 268 g/mol. The van der Waals surface area contributed by atoms with Crippen molar-refractivity contribution < 1.29 is 9.53 Å². The smallest absolute Gasteiger partial charge is 0.309 e. The van der Waals surface area contributed by atoms with E-state index in [1.165, 1.54) is 18.2 Å². The Balaban J connectivity index is 2.88. The summed E-state index contributed by atoms with van der Waals surface area (Å²) in [6.45, 7) is 2.09. The van der Waals surface area contributed by atoms with Gasteiger partial charge >= 0.3 is 5.97 Å².